The third-order valence-corrected chi connectivity index (χ3v) is 6.20. The molecule has 1 atom stereocenters. The summed E-state index contributed by atoms with van der Waals surface area (Å²) >= 11 is 1.26. The van der Waals surface area contributed by atoms with Gasteiger partial charge in [0.25, 0.3) is 5.56 Å². The van der Waals surface area contributed by atoms with Crippen LogP contribution in [-0.4, -0.2) is 28.9 Å². The van der Waals surface area contributed by atoms with Gasteiger partial charge >= 0.3 is 5.97 Å². The van der Waals surface area contributed by atoms with Crippen LogP contribution < -0.4 is 19.6 Å². The van der Waals surface area contributed by atoms with Gasteiger partial charge in [0.2, 0.25) is 0 Å². The number of esters is 1. The second-order valence-electron chi connectivity index (χ2n) is 7.40. The number of phenolic OH excluding ortho intramolecular Hbond substituents is 1. The highest BCUT2D eigenvalue weighted by atomic mass is 32.1. The Morgan fingerprint density at radius 3 is 2.45 bits per heavy atom. The van der Waals surface area contributed by atoms with Crippen molar-refractivity contribution in [3.05, 3.63) is 90.6 Å². The molecule has 0 bridgehead atoms. The Balaban J connectivity index is 1.90. The molecule has 1 N–H and O–H groups in total. The minimum Gasteiger partial charge on any atom is -0.508 e. The topological polar surface area (TPSA) is 90.1 Å². The molecule has 2 heterocycles. The van der Waals surface area contributed by atoms with Crippen molar-refractivity contribution in [2.24, 2.45) is 4.99 Å². The lowest BCUT2D eigenvalue weighted by molar-refractivity contribution is -0.139. The number of nitrogens with zero attached hydrogens (tertiary/aromatic N) is 2. The van der Waals surface area contributed by atoms with Crippen molar-refractivity contribution in [1.29, 1.82) is 0 Å². The molecule has 0 fully saturated rings. The number of ether oxygens (including phenoxy) is 2. The number of aromatic nitrogens is 1. The molecule has 170 valence electrons. The quantitative estimate of drug-likeness (QED) is 0.567. The third kappa shape index (κ3) is 4.47. The summed E-state index contributed by atoms with van der Waals surface area (Å²) < 4.78 is 12.9. The summed E-state index contributed by atoms with van der Waals surface area (Å²) in [5, 5.41) is 9.53. The molecule has 0 amide bonds. The van der Waals surface area contributed by atoms with Crippen LogP contribution in [0.25, 0.3) is 6.08 Å². The van der Waals surface area contributed by atoms with Crippen molar-refractivity contribution in [3.8, 4) is 11.5 Å². The van der Waals surface area contributed by atoms with Gasteiger partial charge in [-0.15, -0.1) is 0 Å². The predicted molar refractivity (Wildman–Crippen MR) is 126 cm³/mol. The standard InChI is InChI=1S/C25H24N2O5S/c1-4-31-19-12-8-17(9-13-19)22-21(24(30)32-5-2)15(3)26-25-27(22)23(29)20(33-25)14-16-6-10-18(28)11-7-16/h6-14,22,28H,4-5H2,1-3H3/t22-/m1/s1. The number of phenols is 1. The molecule has 1 aromatic heterocycles. The zero-order chi connectivity index (χ0) is 23.5. The van der Waals surface area contributed by atoms with Crippen LogP contribution in [-0.2, 0) is 9.53 Å². The first-order valence-corrected chi connectivity index (χ1v) is 11.5. The highest BCUT2D eigenvalue weighted by molar-refractivity contribution is 7.07. The van der Waals surface area contributed by atoms with Crippen LogP contribution in [0.3, 0.4) is 0 Å². The molecule has 1 aliphatic heterocycles. The number of aromatic hydroxyl groups is 1. The average molecular weight is 465 g/mol. The van der Waals surface area contributed by atoms with Crippen LogP contribution in [0.2, 0.25) is 0 Å². The minimum absolute atomic E-state index is 0.152. The van der Waals surface area contributed by atoms with Crippen molar-refractivity contribution in [2.75, 3.05) is 13.2 Å². The van der Waals surface area contributed by atoms with Gasteiger partial charge in [-0.3, -0.25) is 9.36 Å². The van der Waals surface area contributed by atoms with Crippen LogP contribution in [0, 0.1) is 0 Å². The first-order chi connectivity index (χ1) is 15.9. The fraction of sp³-hybridized carbons (Fsp3) is 0.240. The van der Waals surface area contributed by atoms with E-state index in [1.807, 2.05) is 31.2 Å². The lowest BCUT2D eigenvalue weighted by atomic mass is 9.96. The van der Waals surface area contributed by atoms with Crippen molar-refractivity contribution in [3.63, 3.8) is 0 Å². The molecule has 0 unspecified atom stereocenters. The smallest absolute Gasteiger partial charge is 0.338 e. The van der Waals surface area contributed by atoms with Gasteiger partial charge in [-0.05, 0) is 62.2 Å². The van der Waals surface area contributed by atoms with E-state index in [-0.39, 0.29) is 17.9 Å². The molecule has 0 spiro atoms. The van der Waals surface area contributed by atoms with Crippen LogP contribution >= 0.6 is 11.3 Å². The number of allylic oxidation sites excluding steroid dienone is 1. The predicted octanol–water partition coefficient (Wildman–Crippen LogP) is 2.90. The van der Waals surface area contributed by atoms with Crippen molar-refractivity contribution in [1.82, 2.24) is 4.57 Å². The molecule has 0 radical (unpaired) electrons. The molecular weight excluding hydrogens is 440 g/mol. The lowest BCUT2D eigenvalue weighted by Gasteiger charge is -2.24. The minimum atomic E-state index is -0.669. The van der Waals surface area contributed by atoms with Crippen LogP contribution in [0.4, 0.5) is 0 Å². The van der Waals surface area contributed by atoms with Gasteiger partial charge in [0.1, 0.15) is 11.5 Å². The summed E-state index contributed by atoms with van der Waals surface area (Å²) in [6, 6.07) is 13.3. The molecule has 3 aromatic rings. The average Bonchev–Trinajstić information content (AvgIpc) is 3.10. The second kappa shape index (κ2) is 9.46. The Labute approximate surface area is 194 Å². The summed E-state index contributed by atoms with van der Waals surface area (Å²) in [7, 11) is 0. The maximum Gasteiger partial charge on any atom is 0.338 e. The van der Waals surface area contributed by atoms with Gasteiger partial charge in [-0.2, -0.15) is 0 Å². The number of hydrogen-bond donors (Lipinski definition) is 1. The summed E-state index contributed by atoms with van der Waals surface area (Å²) in [5.41, 5.74) is 2.14. The molecule has 7 nitrogen and oxygen atoms in total. The van der Waals surface area contributed by atoms with E-state index in [1.54, 1.807) is 48.8 Å². The molecule has 0 saturated carbocycles. The molecule has 0 aliphatic carbocycles. The van der Waals surface area contributed by atoms with E-state index in [4.69, 9.17) is 9.47 Å². The van der Waals surface area contributed by atoms with Gasteiger partial charge in [-0.1, -0.05) is 35.6 Å². The molecule has 33 heavy (non-hydrogen) atoms. The Morgan fingerprint density at radius 1 is 1.12 bits per heavy atom. The van der Waals surface area contributed by atoms with Gasteiger partial charge in [0.15, 0.2) is 4.80 Å². The largest absolute Gasteiger partial charge is 0.508 e. The Hall–Kier alpha value is -3.65. The monoisotopic (exact) mass is 464 g/mol. The Bertz CT molecular complexity index is 1380. The Morgan fingerprint density at radius 2 is 1.82 bits per heavy atom. The van der Waals surface area contributed by atoms with Crippen molar-refractivity contribution < 1.29 is 19.4 Å². The zero-order valence-electron chi connectivity index (χ0n) is 18.6. The molecular formula is C25H24N2O5S. The highest BCUT2D eigenvalue weighted by Gasteiger charge is 2.33. The van der Waals surface area contributed by atoms with Gasteiger partial charge in [-0.25, -0.2) is 9.79 Å². The molecule has 1 aliphatic rings. The maximum absolute atomic E-state index is 13.5. The summed E-state index contributed by atoms with van der Waals surface area (Å²) in [6.45, 7) is 6.17. The summed E-state index contributed by atoms with van der Waals surface area (Å²) in [4.78, 5) is 31.5. The number of thiazole rings is 1. The third-order valence-electron chi connectivity index (χ3n) is 5.21. The van der Waals surface area contributed by atoms with Crippen molar-refractivity contribution >= 4 is 23.4 Å². The molecule has 0 saturated heterocycles. The maximum atomic E-state index is 13.5. The number of hydrogen-bond acceptors (Lipinski definition) is 7. The second-order valence-corrected chi connectivity index (χ2v) is 8.40. The number of benzene rings is 2. The number of rotatable bonds is 6. The van der Waals surface area contributed by atoms with Gasteiger partial charge < -0.3 is 14.6 Å². The van der Waals surface area contributed by atoms with E-state index in [9.17, 15) is 14.7 Å². The zero-order valence-corrected chi connectivity index (χ0v) is 19.4. The highest BCUT2D eigenvalue weighted by Crippen LogP contribution is 2.31. The van der Waals surface area contributed by atoms with E-state index >= 15 is 0 Å². The summed E-state index contributed by atoms with van der Waals surface area (Å²) in [6.07, 6.45) is 1.75. The van der Waals surface area contributed by atoms with Crippen LogP contribution in [0.15, 0.2) is 69.6 Å². The van der Waals surface area contributed by atoms with E-state index in [2.05, 4.69) is 4.99 Å². The lowest BCUT2D eigenvalue weighted by Crippen LogP contribution is -2.39. The fourth-order valence-electron chi connectivity index (χ4n) is 3.74. The number of fused-ring (bicyclic) bond motifs is 1. The Kier molecular flexibility index (Phi) is 6.46. The van der Waals surface area contributed by atoms with E-state index in [0.29, 0.717) is 33.0 Å². The van der Waals surface area contributed by atoms with Gasteiger partial charge in [0, 0.05) is 0 Å². The molecule has 8 heteroatoms. The van der Waals surface area contributed by atoms with E-state index in [1.165, 1.54) is 11.3 Å². The fourth-order valence-corrected chi connectivity index (χ4v) is 4.79. The van der Waals surface area contributed by atoms with E-state index < -0.39 is 12.0 Å². The normalized spacial score (nSPS) is 15.7. The van der Waals surface area contributed by atoms with Crippen molar-refractivity contribution in [2.45, 2.75) is 26.8 Å². The number of carbonyl (C=O) groups is 1. The van der Waals surface area contributed by atoms with E-state index in [0.717, 1.165) is 11.1 Å². The number of carbonyl (C=O) groups excluding carboxylic acids is 1. The first-order valence-electron chi connectivity index (χ1n) is 10.6. The SMILES string of the molecule is CCOC(=O)C1=C(C)N=c2sc(=Cc3ccc(O)cc3)c(=O)n2[C@@H]1c1ccc(OCC)cc1. The van der Waals surface area contributed by atoms with Gasteiger partial charge in [0.05, 0.1) is 35.1 Å². The van der Waals surface area contributed by atoms with Crippen LogP contribution in [0.5, 0.6) is 11.5 Å². The first kappa shape index (κ1) is 22.5. The summed E-state index contributed by atoms with van der Waals surface area (Å²) in [5.74, 6) is 0.364. The van der Waals surface area contributed by atoms with Crippen LogP contribution in [0.1, 0.15) is 37.9 Å². The molecule has 4 rings (SSSR count). The molecule has 2 aromatic carbocycles.